The monoisotopic (exact) mass is 401 g/mol. The van der Waals surface area contributed by atoms with Crippen LogP contribution in [0.1, 0.15) is 22.3 Å². The number of benzene rings is 3. The molecule has 4 nitrogen and oxygen atoms in total. The number of ether oxygens (including phenoxy) is 2. The van der Waals surface area contributed by atoms with Gasteiger partial charge in [-0.1, -0.05) is 42.5 Å². The molecular weight excluding hydrogens is 381 g/mol. The van der Waals surface area contributed by atoms with Crippen molar-refractivity contribution < 1.29 is 18.7 Å². The van der Waals surface area contributed by atoms with Crippen molar-refractivity contribution in [3.8, 4) is 17.6 Å². The molecular formula is C25H20FNO3. The van der Waals surface area contributed by atoms with Gasteiger partial charge in [0.2, 0.25) is 0 Å². The molecule has 30 heavy (non-hydrogen) atoms. The summed E-state index contributed by atoms with van der Waals surface area (Å²) in [4.78, 5) is 12.1. The highest BCUT2D eigenvalue weighted by atomic mass is 19.1. The molecule has 0 N–H and O–H groups in total. The highest BCUT2D eigenvalue weighted by molar-refractivity contribution is 5.89. The largest absolute Gasteiger partial charge is 0.482 e. The van der Waals surface area contributed by atoms with Crippen LogP contribution in [0.3, 0.4) is 0 Å². The lowest BCUT2D eigenvalue weighted by molar-refractivity contribution is -0.136. The number of esters is 1. The first-order chi connectivity index (χ1) is 14.5. The summed E-state index contributed by atoms with van der Waals surface area (Å²) in [6, 6.07) is 20.4. The molecule has 3 aromatic rings. The summed E-state index contributed by atoms with van der Waals surface area (Å²) in [6.45, 7) is 3.69. The van der Waals surface area contributed by atoms with Gasteiger partial charge >= 0.3 is 5.97 Å². The second-order valence-corrected chi connectivity index (χ2v) is 6.68. The number of carbonyl (C=O) groups excluding carboxylic acids is 1. The zero-order valence-corrected chi connectivity index (χ0v) is 16.7. The van der Waals surface area contributed by atoms with Crippen molar-refractivity contribution in [3.05, 3.63) is 94.8 Å². The maximum atomic E-state index is 13.9. The van der Waals surface area contributed by atoms with Gasteiger partial charge in [-0.05, 0) is 60.9 Å². The maximum absolute atomic E-state index is 13.9. The second-order valence-electron chi connectivity index (χ2n) is 6.68. The Morgan fingerprint density at radius 3 is 2.47 bits per heavy atom. The molecule has 0 saturated heterocycles. The standard InChI is InChI=1S/C25H20FNO3/c1-17-6-5-9-24(18(17)2)29-16-25(28)30-21-12-10-19(11-13-21)14-20(15-27)22-7-3-4-8-23(22)26/h3-14H,16H2,1-2H3/b20-14-. The van der Waals surface area contributed by atoms with E-state index in [1.807, 2.05) is 32.0 Å². The number of hydrogen-bond acceptors (Lipinski definition) is 4. The predicted octanol–water partition coefficient (Wildman–Crippen LogP) is 5.49. The number of carbonyl (C=O) groups is 1. The van der Waals surface area contributed by atoms with Gasteiger partial charge in [-0.25, -0.2) is 9.18 Å². The van der Waals surface area contributed by atoms with E-state index in [2.05, 4.69) is 0 Å². The molecule has 3 rings (SSSR count). The normalized spacial score (nSPS) is 10.9. The highest BCUT2D eigenvalue weighted by Crippen LogP contribution is 2.23. The molecule has 5 heteroatoms. The molecule has 0 bridgehead atoms. The first-order valence-corrected chi connectivity index (χ1v) is 9.34. The van der Waals surface area contributed by atoms with Crippen molar-refractivity contribution in [1.29, 1.82) is 5.26 Å². The lowest BCUT2D eigenvalue weighted by Gasteiger charge is -2.10. The van der Waals surface area contributed by atoms with Crippen LogP contribution in [0.25, 0.3) is 11.6 Å². The fourth-order valence-corrected chi connectivity index (χ4v) is 2.83. The molecule has 0 saturated carbocycles. The molecule has 0 aliphatic heterocycles. The SMILES string of the molecule is Cc1cccc(OCC(=O)Oc2ccc(/C=C(/C#N)c3ccccc3F)cc2)c1C. The molecule has 0 amide bonds. The molecule has 0 aromatic heterocycles. The Balaban J connectivity index is 1.64. The van der Waals surface area contributed by atoms with Gasteiger partial charge in [0.25, 0.3) is 0 Å². The lowest BCUT2D eigenvalue weighted by Crippen LogP contribution is -2.18. The zero-order chi connectivity index (χ0) is 21.5. The number of allylic oxidation sites excluding steroid dienone is 1. The van der Waals surface area contributed by atoms with Crippen LogP contribution in [-0.2, 0) is 4.79 Å². The van der Waals surface area contributed by atoms with Crippen LogP contribution >= 0.6 is 0 Å². The van der Waals surface area contributed by atoms with Crippen molar-refractivity contribution in [2.24, 2.45) is 0 Å². The minimum atomic E-state index is -0.525. The summed E-state index contributed by atoms with van der Waals surface area (Å²) in [7, 11) is 0. The quantitative estimate of drug-likeness (QED) is 0.237. The summed E-state index contributed by atoms with van der Waals surface area (Å²) in [5.41, 5.74) is 3.18. The zero-order valence-electron chi connectivity index (χ0n) is 16.7. The number of rotatable bonds is 6. The van der Waals surface area contributed by atoms with Crippen LogP contribution in [0.15, 0.2) is 66.7 Å². The van der Waals surface area contributed by atoms with Crippen molar-refractivity contribution in [3.63, 3.8) is 0 Å². The average molecular weight is 401 g/mol. The van der Waals surface area contributed by atoms with Gasteiger partial charge in [0.15, 0.2) is 6.61 Å². The summed E-state index contributed by atoms with van der Waals surface area (Å²) >= 11 is 0. The molecule has 3 aromatic carbocycles. The van der Waals surface area contributed by atoms with Crippen LogP contribution in [-0.4, -0.2) is 12.6 Å². The molecule has 0 fully saturated rings. The molecule has 0 spiro atoms. The van der Waals surface area contributed by atoms with E-state index in [1.54, 1.807) is 54.6 Å². The third-order valence-electron chi connectivity index (χ3n) is 4.61. The molecule has 150 valence electrons. The van der Waals surface area contributed by atoms with Crippen LogP contribution in [0.5, 0.6) is 11.5 Å². The highest BCUT2D eigenvalue weighted by Gasteiger charge is 2.10. The predicted molar refractivity (Wildman–Crippen MR) is 113 cm³/mol. The van der Waals surface area contributed by atoms with E-state index >= 15 is 0 Å². The molecule has 0 atom stereocenters. The first kappa shape index (κ1) is 20.8. The molecule has 0 aliphatic rings. The van der Waals surface area contributed by atoms with Gasteiger partial charge in [-0.3, -0.25) is 0 Å². The Hall–Kier alpha value is -3.91. The van der Waals surface area contributed by atoms with E-state index in [4.69, 9.17) is 9.47 Å². The fourth-order valence-electron chi connectivity index (χ4n) is 2.83. The smallest absolute Gasteiger partial charge is 0.349 e. The van der Waals surface area contributed by atoms with Crippen LogP contribution < -0.4 is 9.47 Å². The van der Waals surface area contributed by atoms with Crippen LogP contribution in [0.4, 0.5) is 4.39 Å². The van der Waals surface area contributed by atoms with Gasteiger partial charge in [0, 0.05) is 5.56 Å². The molecule has 0 unspecified atom stereocenters. The van der Waals surface area contributed by atoms with E-state index in [0.29, 0.717) is 17.1 Å². The topological polar surface area (TPSA) is 59.3 Å². The summed E-state index contributed by atoms with van der Waals surface area (Å²) in [5, 5.41) is 9.36. The van der Waals surface area contributed by atoms with Gasteiger partial charge in [-0.2, -0.15) is 5.26 Å². The first-order valence-electron chi connectivity index (χ1n) is 9.34. The van der Waals surface area contributed by atoms with E-state index < -0.39 is 11.8 Å². The Morgan fingerprint density at radius 2 is 1.77 bits per heavy atom. The van der Waals surface area contributed by atoms with Crippen molar-refractivity contribution >= 4 is 17.6 Å². The molecule has 0 heterocycles. The lowest BCUT2D eigenvalue weighted by atomic mass is 10.0. The molecule has 0 aliphatic carbocycles. The Labute approximate surface area is 174 Å². The Kier molecular flexibility index (Phi) is 6.61. The third kappa shape index (κ3) is 5.12. The summed E-state index contributed by atoms with van der Waals surface area (Å²) < 4.78 is 24.8. The number of aryl methyl sites for hydroxylation is 1. The van der Waals surface area contributed by atoms with Gasteiger partial charge in [0.1, 0.15) is 17.3 Å². The number of halogens is 1. The minimum Gasteiger partial charge on any atom is -0.482 e. The third-order valence-corrected chi connectivity index (χ3v) is 4.61. The van der Waals surface area contributed by atoms with E-state index in [-0.39, 0.29) is 17.7 Å². The van der Waals surface area contributed by atoms with Crippen molar-refractivity contribution in [2.45, 2.75) is 13.8 Å². The summed E-state index contributed by atoms with van der Waals surface area (Å²) in [5.74, 6) is 0.0127. The number of nitriles is 1. The van der Waals surface area contributed by atoms with Gasteiger partial charge in [-0.15, -0.1) is 0 Å². The second kappa shape index (κ2) is 9.53. The van der Waals surface area contributed by atoms with Gasteiger partial charge < -0.3 is 9.47 Å². The fraction of sp³-hybridized carbons (Fsp3) is 0.120. The van der Waals surface area contributed by atoms with Gasteiger partial charge in [0.05, 0.1) is 11.6 Å². The van der Waals surface area contributed by atoms with E-state index in [1.165, 1.54) is 6.07 Å². The van der Waals surface area contributed by atoms with Crippen LogP contribution in [0, 0.1) is 31.0 Å². The van der Waals surface area contributed by atoms with Crippen LogP contribution in [0.2, 0.25) is 0 Å². The average Bonchev–Trinajstić information content (AvgIpc) is 2.75. The number of nitrogens with zero attached hydrogens (tertiary/aromatic N) is 1. The van der Waals surface area contributed by atoms with Crippen molar-refractivity contribution in [1.82, 2.24) is 0 Å². The maximum Gasteiger partial charge on any atom is 0.349 e. The van der Waals surface area contributed by atoms with E-state index in [0.717, 1.165) is 11.1 Å². The molecule has 0 radical (unpaired) electrons. The van der Waals surface area contributed by atoms with E-state index in [9.17, 15) is 14.4 Å². The minimum absolute atomic E-state index is 0.208. The Bertz CT molecular complexity index is 1130. The number of hydrogen-bond donors (Lipinski definition) is 0. The Morgan fingerprint density at radius 1 is 1.03 bits per heavy atom. The summed E-state index contributed by atoms with van der Waals surface area (Å²) in [6.07, 6.45) is 1.58. The van der Waals surface area contributed by atoms with Crippen molar-refractivity contribution in [2.75, 3.05) is 6.61 Å².